The van der Waals surface area contributed by atoms with Crippen LogP contribution in [-0.4, -0.2) is 23.6 Å². The molecular formula is C18H26O3. The second kappa shape index (κ2) is 5.90. The van der Waals surface area contributed by atoms with Crippen LogP contribution < -0.4 is 0 Å². The number of ether oxygens (including phenoxy) is 1. The molecule has 3 heteroatoms. The van der Waals surface area contributed by atoms with Crippen molar-refractivity contribution in [2.45, 2.75) is 46.8 Å². The summed E-state index contributed by atoms with van der Waals surface area (Å²) in [4.78, 5) is 12.1. The highest BCUT2D eigenvalue weighted by atomic mass is 16.5. The lowest BCUT2D eigenvalue weighted by atomic mass is 9.56. The summed E-state index contributed by atoms with van der Waals surface area (Å²) in [5.74, 6) is 0.136. The Labute approximate surface area is 127 Å². The molecule has 0 aliphatic heterocycles. The predicted octanol–water partition coefficient (Wildman–Crippen LogP) is 3.21. The Balaban J connectivity index is 2.06. The molecule has 2 rings (SSSR count). The van der Waals surface area contributed by atoms with Gasteiger partial charge in [0.1, 0.15) is 6.10 Å². The normalized spacial score (nSPS) is 32.1. The number of carbonyl (C=O) groups excluding carboxylic acids is 1. The van der Waals surface area contributed by atoms with Gasteiger partial charge in [-0.3, -0.25) is 4.79 Å². The largest absolute Gasteiger partial charge is 0.385 e. The van der Waals surface area contributed by atoms with E-state index in [-0.39, 0.29) is 17.1 Å². The molecule has 1 aliphatic rings. The summed E-state index contributed by atoms with van der Waals surface area (Å²) in [5, 5.41) is 10.4. The number of hydrogen-bond acceptors (Lipinski definition) is 3. The molecular weight excluding hydrogens is 264 g/mol. The van der Waals surface area contributed by atoms with Gasteiger partial charge < -0.3 is 9.84 Å². The summed E-state index contributed by atoms with van der Waals surface area (Å²) in [6, 6.07) is 9.95. The van der Waals surface area contributed by atoms with Gasteiger partial charge in [0, 0.05) is 11.8 Å². The fourth-order valence-corrected chi connectivity index (χ4v) is 3.36. The van der Waals surface area contributed by atoms with Crippen LogP contribution in [-0.2, 0) is 16.1 Å². The Bertz CT molecular complexity index is 494. The maximum atomic E-state index is 12.1. The minimum Gasteiger partial charge on any atom is -0.385 e. The highest BCUT2D eigenvalue weighted by Crippen LogP contribution is 2.49. The Kier molecular flexibility index (Phi) is 4.54. The maximum absolute atomic E-state index is 12.1. The summed E-state index contributed by atoms with van der Waals surface area (Å²) in [7, 11) is 0. The number of Topliss-reactive ketones (excluding diaryl/α,β-unsaturated/α-hetero) is 1. The summed E-state index contributed by atoms with van der Waals surface area (Å²) in [5.41, 5.74) is 0.457. The second-order valence-electron chi connectivity index (χ2n) is 7.24. The van der Waals surface area contributed by atoms with Crippen molar-refractivity contribution in [2.24, 2.45) is 16.7 Å². The quantitative estimate of drug-likeness (QED) is 0.926. The average molecular weight is 290 g/mol. The van der Waals surface area contributed by atoms with Gasteiger partial charge in [-0.1, -0.05) is 58.0 Å². The lowest BCUT2D eigenvalue weighted by Gasteiger charge is -2.50. The summed E-state index contributed by atoms with van der Waals surface area (Å²) >= 11 is 0. The molecule has 3 nitrogen and oxygen atoms in total. The SMILES string of the molecule is C[C@@H]1C(C)(C)CC(=O)[C@H](O)[C@@]1(C)COCc1ccccc1. The van der Waals surface area contributed by atoms with Gasteiger partial charge in [0.05, 0.1) is 13.2 Å². The monoisotopic (exact) mass is 290 g/mol. The molecule has 0 aromatic heterocycles. The molecule has 1 saturated carbocycles. The van der Waals surface area contributed by atoms with Crippen molar-refractivity contribution in [1.82, 2.24) is 0 Å². The number of aliphatic hydroxyl groups is 1. The zero-order valence-electron chi connectivity index (χ0n) is 13.4. The van der Waals surface area contributed by atoms with Gasteiger partial charge in [-0.15, -0.1) is 0 Å². The van der Waals surface area contributed by atoms with Crippen molar-refractivity contribution < 1.29 is 14.6 Å². The van der Waals surface area contributed by atoms with Crippen molar-refractivity contribution in [3.8, 4) is 0 Å². The molecule has 1 fully saturated rings. The second-order valence-corrected chi connectivity index (χ2v) is 7.24. The molecule has 0 amide bonds. The number of benzene rings is 1. The van der Waals surface area contributed by atoms with Crippen LogP contribution in [0.4, 0.5) is 0 Å². The van der Waals surface area contributed by atoms with E-state index >= 15 is 0 Å². The summed E-state index contributed by atoms with van der Waals surface area (Å²) in [6.45, 7) is 9.16. The molecule has 0 bridgehead atoms. The third-order valence-corrected chi connectivity index (χ3v) is 5.25. The molecule has 1 aromatic carbocycles. The van der Waals surface area contributed by atoms with Crippen molar-refractivity contribution in [2.75, 3.05) is 6.61 Å². The Hall–Kier alpha value is -1.19. The van der Waals surface area contributed by atoms with Gasteiger partial charge in [-0.25, -0.2) is 0 Å². The standard InChI is InChI=1S/C18H26O3/c1-13-17(2,3)10-15(19)16(20)18(13,4)12-21-11-14-8-6-5-7-9-14/h5-9,13,16,20H,10-12H2,1-4H3/t13-,16+,18+/m1/s1. The smallest absolute Gasteiger partial charge is 0.162 e. The van der Waals surface area contributed by atoms with Crippen LogP contribution in [0, 0.1) is 16.7 Å². The van der Waals surface area contributed by atoms with Gasteiger partial charge in [0.2, 0.25) is 0 Å². The third kappa shape index (κ3) is 3.19. The fourth-order valence-electron chi connectivity index (χ4n) is 3.36. The molecule has 1 aliphatic carbocycles. The topological polar surface area (TPSA) is 46.5 Å². The van der Waals surface area contributed by atoms with E-state index in [0.717, 1.165) is 5.56 Å². The first-order valence-electron chi connectivity index (χ1n) is 7.60. The molecule has 0 heterocycles. The highest BCUT2D eigenvalue weighted by Gasteiger charge is 2.53. The van der Waals surface area contributed by atoms with Crippen LogP contribution >= 0.6 is 0 Å². The molecule has 1 aromatic rings. The Morgan fingerprint density at radius 1 is 1.24 bits per heavy atom. The highest BCUT2D eigenvalue weighted by molar-refractivity contribution is 5.85. The molecule has 116 valence electrons. The zero-order chi connectivity index (χ0) is 15.7. The van der Waals surface area contributed by atoms with Gasteiger partial charge in [0.15, 0.2) is 5.78 Å². The van der Waals surface area contributed by atoms with E-state index in [1.807, 2.05) is 37.3 Å². The summed E-state index contributed by atoms with van der Waals surface area (Å²) < 4.78 is 5.83. The molecule has 0 spiro atoms. The van der Waals surface area contributed by atoms with Crippen molar-refractivity contribution in [3.63, 3.8) is 0 Å². The van der Waals surface area contributed by atoms with Gasteiger partial charge in [-0.05, 0) is 16.9 Å². The lowest BCUT2D eigenvalue weighted by Crippen LogP contribution is -2.56. The van der Waals surface area contributed by atoms with Crippen LogP contribution in [0.2, 0.25) is 0 Å². The van der Waals surface area contributed by atoms with Crippen LogP contribution in [0.3, 0.4) is 0 Å². The van der Waals surface area contributed by atoms with Gasteiger partial charge in [-0.2, -0.15) is 0 Å². The Morgan fingerprint density at radius 3 is 2.48 bits per heavy atom. The molecule has 0 saturated heterocycles. The molecule has 3 atom stereocenters. The van der Waals surface area contributed by atoms with Crippen LogP contribution in [0.5, 0.6) is 0 Å². The van der Waals surface area contributed by atoms with E-state index in [0.29, 0.717) is 19.6 Å². The van der Waals surface area contributed by atoms with Gasteiger partial charge >= 0.3 is 0 Å². The first-order valence-corrected chi connectivity index (χ1v) is 7.60. The molecule has 0 radical (unpaired) electrons. The molecule has 1 N–H and O–H groups in total. The van der Waals surface area contributed by atoms with E-state index in [2.05, 4.69) is 20.8 Å². The van der Waals surface area contributed by atoms with Crippen molar-refractivity contribution >= 4 is 5.78 Å². The maximum Gasteiger partial charge on any atom is 0.162 e. The van der Waals surface area contributed by atoms with Crippen LogP contribution in [0.25, 0.3) is 0 Å². The van der Waals surface area contributed by atoms with Crippen molar-refractivity contribution in [1.29, 1.82) is 0 Å². The number of aliphatic hydroxyl groups excluding tert-OH is 1. The predicted molar refractivity (Wildman–Crippen MR) is 82.8 cm³/mol. The minimum absolute atomic E-state index is 0.0658. The van der Waals surface area contributed by atoms with E-state index < -0.39 is 11.5 Å². The van der Waals surface area contributed by atoms with Gasteiger partial charge in [0.25, 0.3) is 0 Å². The number of hydrogen-bond donors (Lipinski definition) is 1. The van der Waals surface area contributed by atoms with E-state index in [4.69, 9.17) is 4.74 Å². The minimum atomic E-state index is -0.934. The number of carbonyl (C=O) groups is 1. The molecule has 21 heavy (non-hydrogen) atoms. The van der Waals surface area contributed by atoms with Crippen molar-refractivity contribution in [3.05, 3.63) is 35.9 Å². The van der Waals surface area contributed by atoms with E-state index in [1.54, 1.807) is 0 Å². The zero-order valence-corrected chi connectivity index (χ0v) is 13.4. The Morgan fingerprint density at radius 2 is 1.86 bits per heavy atom. The number of ketones is 1. The van der Waals surface area contributed by atoms with E-state index in [9.17, 15) is 9.90 Å². The summed E-state index contributed by atoms with van der Waals surface area (Å²) in [6.07, 6.45) is -0.500. The molecule has 0 unspecified atom stereocenters. The van der Waals surface area contributed by atoms with Crippen LogP contribution in [0.15, 0.2) is 30.3 Å². The average Bonchev–Trinajstić information content (AvgIpc) is 2.44. The lowest BCUT2D eigenvalue weighted by molar-refractivity contribution is -0.163. The van der Waals surface area contributed by atoms with Crippen LogP contribution in [0.1, 0.15) is 39.7 Å². The first kappa shape index (κ1) is 16.2. The third-order valence-electron chi connectivity index (χ3n) is 5.25. The fraction of sp³-hybridized carbons (Fsp3) is 0.611. The van der Waals surface area contributed by atoms with E-state index in [1.165, 1.54) is 0 Å². The number of rotatable bonds is 4. The first-order chi connectivity index (χ1) is 9.77.